The van der Waals surface area contributed by atoms with Gasteiger partial charge in [-0.05, 0) is 50.7 Å². The molecule has 1 aromatic carbocycles. The van der Waals surface area contributed by atoms with Gasteiger partial charge >= 0.3 is 5.97 Å². The zero-order valence-corrected chi connectivity index (χ0v) is 23.6. The van der Waals surface area contributed by atoms with Crippen LogP contribution in [0.2, 0.25) is 0 Å². The third-order valence-corrected chi connectivity index (χ3v) is 7.31. The lowest BCUT2D eigenvalue weighted by atomic mass is 9.85. The zero-order chi connectivity index (χ0) is 28.4. The van der Waals surface area contributed by atoms with Gasteiger partial charge in [-0.15, -0.1) is 0 Å². The lowest BCUT2D eigenvalue weighted by molar-refractivity contribution is -0.164. The largest absolute Gasteiger partial charge is 0.496 e. The van der Waals surface area contributed by atoms with Crippen LogP contribution in [0, 0.1) is 18.3 Å². The Bertz CT molecular complexity index is 1070. The highest BCUT2D eigenvalue weighted by Crippen LogP contribution is 2.34. The number of hydrogen-bond donors (Lipinski definition) is 2. The van der Waals surface area contributed by atoms with Crippen molar-refractivity contribution in [2.45, 2.75) is 91.8 Å². The van der Waals surface area contributed by atoms with Gasteiger partial charge in [0, 0.05) is 23.8 Å². The molecular weight excluding hydrogens is 490 g/mol. The molecule has 3 rings (SSSR count). The first-order chi connectivity index (χ1) is 17.8. The van der Waals surface area contributed by atoms with E-state index in [2.05, 4.69) is 10.6 Å². The maximum atomic E-state index is 14.1. The van der Waals surface area contributed by atoms with E-state index in [1.165, 1.54) is 7.11 Å². The molecule has 1 aromatic rings. The van der Waals surface area contributed by atoms with Crippen molar-refractivity contribution in [1.82, 2.24) is 15.5 Å². The van der Waals surface area contributed by atoms with Crippen molar-refractivity contribution in [3.05, 3.63) is 29.3 Å². The number of likely N-dealkylation sites (tertiary alicyclic amines) is 1. The molecule has 0 aromatic heterocycles. The predicted molar refractivity (Wildman–Crippen MR) is 140 cm³/mol. The minimum absolute atomic E-state index is 0.00156. The number of nitrogens with zero attached hydrogens (tertiary/aromatic N) is 1. The Kier molecular flexibility index (Phi) is 9.07. The van der Waals surface area contributed by atoms with Gasteiger partial charge in [0.15, 0.2) is 0 Å². The number of esters is 1. The van der Waals surface area contributed by atoms with Gasteiger partial charge in [0.2, 0.25) is 18.1 Å². The van der Waals surface area contributed by atoms with Crippen molar-refractivity contribution < 1.29 is 33.4 Å². The molecular formula is C28H41N3O7. The van der Waals surface area contributed by atoms with E-state index >= 15 is 0 Å². The molecule has 0 radical (unpaired) electrons. The average molecular weight is 532 g/mol. The summed E-state index contributed by atoms with van der Waals surface area (Å²) in [4.78, 5) is 54.4. The van der Waals surface area contributed by atoms with Gasteiger partial charge in [0.25, 0.3) is 5.91 Å². The van der Waals surface area contributed by atoms with Crippen LogP contribution in [0.15, 0.2) is 18.2 Å². The van der Waals surface area contributed by atoms with Crippen LogP contribution in [0.25, 0.3) is 0 Å². The molecule has 6 atom stereocenters. The number of cyclic esters (lactones) is 1. The second-order valence-corrected chi connectivity index (χ2v) is 11.3. The Morgan fingerprint density at radius 1 is 1.21 bits per heavy atom. The number of nitrogens with one attached hydrogen (secondary N) is 2. The van der Waals surface area contributed by atoms with Crippen molar-refractivity contribution in [2.24, 2.45) is 11.3 Å². The number of methoxy groups -OCH3 is 1. The third kappa shape index (κ3) is 6.11. The SMILES string of the molecule is CCOC1OC(=O)CC1NC(=O)C1C(C)CC(C)N1C(=O)C(NC(=O)c1cccc(OC)c1C)C(C)(C)C. The van der Waals surface area contributed by atoms with E-state index in [1.54, 1.807) is 36.9 Å². The molecule has 2 N–H and O–H groups in total. The number of carbonyl (C=O) groups excluding carboxylic acids is 4. The summed E-state index contributed by atoms with van der Waals surface area (Å²) in [6.45, 7) is 13.4. The van der Waals surface area contributed by atoms with Gasteiger partial charge < -0.3 is 29.7 Å². The molecule has 2 saturated heterocycles. The molecule has 2 aliphatic heterocycles. The zero-order valence-electron chi connectivity index (χ0n) is 23.6. The molecule has 0 saturated carbocycles. The number of carbonyl (C=O) groups is 4. The molecule has 6 unspecified atom stereocenters. The van der Waals surface area contributed by atoms with Gasteiger partial charge in [-0.2, -0.15) is 0 Å². The Labute approximate surface area is 224 Å². The first-order valence-electron chi connectivity index (χ1n) is 13.2. The van der Waals surface area contributed by atoms with Crippen LogP contribution in [0.4, 0.5) is 0 Å². The lowest BCUT2D eigenvalue weighted by Crippen LogP contribution is -2.60. The summed E-state index contributed by atoms with van der Waals surface area (Å²) in [7, 11) is 1.54. The van der Waals surface area contributed by atoms with Gasteiger partial charge in [-0.3, -0.25) is 19.2 Å². The van der Waals surface area contributed by atoms with Crippen LogP contribution in [0.3, 0.4) is 0 Å². The van der Waals surface area contributed by atoms with Crippen molar-refractivity contribution in [3.63, 3.8) is 0 Å². The second kappa shape index (κ2) is 11.7. The fraction of sp³-hybridized carbons (Fsp3) is 0.643. The highest BCUT2D eigenvalue weighted by atomic mass is 16.7. The molecule has 10 nitrogen and oxygen atoms in total. The smallest absolute Gasteiger partial charge is 0.310 e. The quantitative estimate of drug-likeness (QED) is 0.494. The summed E-state index contributed by atoms with van der Waals surface area (Å²) in [6, 6.07) is 2.67. The van der Waals surface area contributed by atoms with Crippen molar-refractivity contribution >= 4 is 23.7 Å². The lowest BCUT2D eigenvalue weighted by Gasteiger charge is -2.38. The summed E-state index contributed by atoms with van der Waals surface area (Å²) in [5.41, 5.74) is 0.444. The van der Waals surface area contributed by atoms with Crippen LogP contribution in [-0.4, -0.2) is 72.8 Å². The molecule has 0 spiro atoms. The van der Waals surface area contributed by atoms with E-state index in [0.29, 0.717) is 29.9 Å². The summed E-state index contributed by atoms with van der Waals surface area (Å²) in [5, 5.41) is 5.82. The summed E-state index contributed by atoms with van der Waals surface area (Å²) >= 11 is 0. The number of ether oxygens (including phenoxy) is 3. The fourth-order valence-electron chi connectivity index (χ4n) is 5.39. The first-order valence-corrected chi connectivity index (χ1v) is 13.2. The normalized spacial score (nSPS) is 26.1. The van der Waals surface area contributed by atoms with E-state index in [9.17, 15) is 19.2 Å². The maximum absolute atomic E-state index is 14.1. The maximum Gasteiger partial charge on any atom is 0.310 e. The second-order valence-electron chi connectivity index (χ2n) is 11.3. The standard InChI is InChI=1S/C28H41N3O7/c1-9-37-27-19(14-21(32)38-27)29-25(34)22-15(2)13-16(3)31(22)26(35)23(28(5,6)7)30-24(33)18-11-10-12-20(36-8)17(18)4/h10-12,15-16,19,22-23,27H,9,13-14H2,1-8H3,(H,29,34)(H,30,33). The third-order valence-electron chi connectivity index (χ3n) is 7.31. The van der Waals surface area contributed by atoms with Crippen molar-refractivity contribution in [1.29, 1.82) is 0 Å². The van der Waals surface area contributed by atoms with Crippen LogP contribution in [-0.2, 0) is 23.9 Å². The highest BCUT2D eigenvalue weighted by Gasteiger charge is 2.49. The molecule has 3 amide bonds. The molecule has 0 bridgehead atoms. The minimum Gasteiger partial charge on any atom is -0.496 e. The summed E-state index contributed by atoms with van der Waals surface area (Å²) < 4.78 is 16.0. The van der Waals surface area contributed by atoms with E-state index < -0.39 is 41.7 Å². The molecule has 2 aliphatic rings. The number of amides is 3. The number of hydrogen-bond acceptors (Lipinski definition) is 7. The van der Waals surface area contributed by atoms with E-state index in [1.807, 2.05) is 34.6 Å². The number of rotatable bonds is 8. The van der Waals surface area contributed by atoms with Gasteiger partial charge in [0.05, 0.1) is 13.5 Å². The predicted octanol–water partition coefficient (Wildman–Crippen LogP) is 2.57. The fourth-order valence-corrected chi connectivity index (χ4v) is 5.39. The van der Waals surface area contributed by atoms with E-state index in [0.717, 1.165) is 0 Å². The Morgan fingerprint density at radius 2 is 1.89 bits per heavy atom. The molecule has 10 heteroatoms. The van der Waals surface area contributed by atoms with Crippen LogP contribution in [0.1, 0.15) is 70.3 Å². The van der Waals surface area contributed by atoms with Gasteiger partial charge in [0.1, 0.15) is 23.9 Å². The average Bonchev–Trinajstić information content (AvgIpc) is 3.33. The van der Waals surface area contributed by atoms with Crippen LogP contribution >= 0.6 is 0 Å². The summed E-state index contributed by atoms with van der Waals surface area (Å²) in [5.74, 6) is -1.09. The van der Waals surface area contributed by atoms with Crippen LogP contribution < -0.4 is 15.4 Å². The van der Waals surface area contributed by atoms with E-state index in [-0.39, 0.29) is 30.2 Å². The number of benzene rings is 1. The monoisotopic (exact) mass is 531 g/mol. The minimum atomic E-state index is -0.892. The highest BCUT2D eigenvalue weighted by molar-refractivity contribution is 6.00. The van der Waals surface area contributed by atoms with Gasteiger partial charge in [-0.1, -0.05) is 33.8 Å². The molecule has 38 heavy (non-hydrogen) atoms. The summed E-state index contributed by atoms with van der Waals surface area (Å²) in [6.07, 6.45) is -0.234. The first kappa shape index (κ1) is 29.4. The van der Waals surface area contributed by atoms with Crippen LogP contribution in [0.5, 0.6) is 5.75 Å². The Hall–Kier alpha value is -3.14. The molecule has 2 heterocycles. The van der Waals surface area contributed by atoms with E-state index in [4.69, 9.17) is 14.2 Å². The van der Waals surface area contributed by atoms with Crippen molar-refractivity contribution in [3.8, 4) is 5.75 Å². The molecule has 2 fully saturated rings. The van der Waals surface area contributed by atoms with Gasteiger partial charge in [-0.25, -0.2) is 0 Å². The molecule has 0 aliphatic carbocycles. The molecule has 210 valence electrons. The van der Waals surface area contributed by atoms with Crippen molar-refractivity contribution in [2.75, 3.05) is 13.7 Å². The Balaban J connectivity index is 1.85. The topological polar surface area (TPSA) is 123 Å². The Morgan fingerprint density at radius 3 is 2.50 bits per heavy atom.